The first-order chi connectivity index (χ1) is 26.5. The van der Waals surface area contributed by atoms with Gasteiger partial charge in [-0.15, -0.1) is 11.3 Å². The van der Waals surface area contributed by atoms with Crippen molar-refractivity contribution in [3.05, 3.63) is 187 Å². The zero-order valence-electron chi connectivity index (χ0n) is 30.1. The Kier molecular flexibility index (Phi) is 7.79. The van der Waals surface area contributed by atoms with Crippen LogP contribution in [0.25, 0.3) is 69.2 Å². The molecule has 5 heteroatoms. The van der Waals surface area contributed by atoms with Crippen molar-refractivity contribution in [3.63, 3.8) is 0 Å². The molecule has 2 atom stereocenters. The zero-order valence-corrected chi connectivity index (χ0v) is 31.0. The first-order valence-corrected chi connectivity index (χ1v) is 19.3. The molecule has 0 fully saturated rings. The topological polar surface area (TPSA) is 46.5 Å². The molecule has 0 spiro atoms. The van der Waals surface area contributed by atoms with Gasteiger partial charge in [0, 0.05) is 38.9 Å². The molecule has 2 N–H and O–H groups in total. The molecule has 2 unspecified atom stereocenters. The summed E-state index contributed by atoms with van der Waals surface area (Å²) in [7, 11) is 2.06. The van der Waals surface area contributed by atoms with Gasteiger partial charge in [0.25, 0.3) is 0 Å². The van der Waals surface area contributed by atoms with Crippen LogP contribution in [0, 0.1) is 0 Å². The summed E-state index contributed by atoms with van der Waals surface area (Å²) in [5, 5.41) is 10.0. The van der Waals surface area contributed by atoms with E-state index in [2.05, 4.69) is 169 Å². The van der Waals surface area contributed by atoms with Crippen molar-refractivity contribution < 1.29 is 0 Å². The SMILES string of the molecule is CC(N=C(c1ccc2c(c1)sc1c(-n3c4ccccc4c4cc5ccccc5cc43)cc3ccccc3c12)N(C)C(N)c1ccccc1)c1ccccc1. The lowest BCUT2D eigenvalue weighted by atomic mass is 10.0. The van der Waals surface area contributed by atoms with Gasteiger partial charge in [-0.05, 0) is 69.9 Å². The fourth-order valence-electron chi connectivity index (χ4n) is 8.19. The quantitative estimate of drug-likeness (QED) is 0.106. The van der Waals surface area contributed by atoms with Crippen LogP contribution in [0.15, 0.2) is 175 Å². The van der Waals surface area contributed by atoms with Gasteiger partial charge in [0.15, 0.2) is 0 Å². The number of para-hydroxylation sites is 1. The third-order valence-electron chi connectivity index (χ3n) is 11.0. The Balaban J connectivity index is 1.22. The molecule has 0 saturated carbocycles. The predicted octanol–water partition coefficient (Wildman–Crippen LogP) is 12.6. The van der Waals surface area contributed by atoms with Gasteiger partial charge in [-0.1, -0.05) is 140 Å². The second-order valence-corrected chi connectivity index (χ2v) is 15.3. The van der Waals surface area contributed by atoms with Gasteiger partial charge in [0.05, 0.1) is 27.5 Å². The van der Waals surface area contributed by atoms with Crippen molar-refractivity contribution >= 4 is 80.7 Å². The number of hydrogen-bond acceptors (Lipinski definition) is 3. The Labute approximate surface area is 318 Å². The predicted molar refractivity (Wildman–Crippen MR) is 231 cm³/mol. The van der Waals surface area contributed by atoms with E-state index in [1.54, 1.807) is 0 Å². The third kappa shape index (κ3) is 5.27. The molecule has 10 aromatic rings. The Bertz CT molecular complexity index is 3050. The summed E-state index contributed by atoms with van der Waals surface area (Å²) in [6.07, 6.45) is -0.368. The smallest absolute Gasteiger partial charge is 0.132 e. The Morgan fingerprint density at radius 2 is 1.22 bits per heavy atom. The van der Waals surface area contributed by atoms with Crippen LogP contribution in [0.3, 0.4) is 0 Å². The fourth-order valence-corrected chi connectivity index (χ4v) is 9.45. The van der Waals surface area contributed by atoms with Gasteiger partial charge in [-0.3, -0.25) is 4.99 Å². The number of benzene rings is 8. The van der Waals surface area contributed by atoms with E-state index in [1.807, 2.05) is 35.6 Å². The lowest BCUT2D eigenvalue weighted by molar-refractivity contribution is 0.383. The summed E-state index contributed by atoms with van der Waals surface area (Å²) in [5.41, 5.74) is 13.8. The van der Waals surface area contributed by atoms with Gasteiger partial charge >= 0.3 is 0 Å². The van der Waals surface area contributed by atoms with E-state index in [0.29, 0.717) is 0 Å². The molecule has 0 bridgehead atoms. The number of aromatic nitrogens is 1. The largest absolute Gasteiger partial charge is 0.340 e. The minimum absolute atomic E-state index is 0.0633. The van der Waals surface area contributed by atoms with Crippen LogP contribution in [-0.2, 0) is 0 Å². The maximum absolute atomic E-state index is 6.97. The van der Waals surface area contributed by atoms with Crippen molar-refractivity contribution in [2.45, 2.75) is 19.1 Å². The maximum Gasteiger partial charge on any atom is 0.132 e. The summed E-state index contributed by atoms with van der Waals surface area (Å²) in [6.45, 7) is 2.16. The highest BCUT2D eigenvalue weighted by molar-refractivity contribution is 7.26. The van der Waals surface area contributed by atoms with E-state index < -0.39 is 0 Å². The average molecular weight is 715 g/mol. The third-order valence-corrected chi connectivity index (χ3v) is 12.1. The number of thiophene rings is 1. The zero-order chi connectivity index (χ0) is 36.3. The van der Waals surface area contributed by atoms with E-state index in [9.17, 15) is 0 Å². The highest BCUT2D eigenvalue weighted by Gasteiger charge is 2.23. The van der Waals surface area contributed by atoms with Gasteiger partial charge in [0.1, 0.15) is 12.0 Å². The number of fused-ring (bicyclic) bond motifs is 9. The first kappa shape index (κ1) is 32.4. The monoisotopic (exact) mass is 714 g/mol. The molecule has 0 aliphatic heterocycles. The summed E-state index contributed by atoms with van der Waals surface area (Å²) in [5.74, 6) is 0.862. The van der Waals surface area contributed by atoms with Crippen LogP contribution in [0.2, 0.25) is 0 Å². The van der Waals surface area contributed by atoms with Crippen molar-refractivity contribution in [2.24, 2.45) is 10.7 Å². The minimum atomic E-state index is -0.368. The number of aliphatic imine (C=N–C) groups is 1. The number of nitrogens with zero attached hydrogens (tertiary/aromatic N) is 3. The van der Waals surface area contributed by atoms with Crippen LogP contribution in [0.1, 0.15) is 35.8 Å². The summed E-state index contributed by atoms with van der Waals surface area (Å²) >= 11 is 1.86. The normalized spacial score (nSPS) is 13.4. The molecule has 4 nitrogen and oxygen atoms in total. The fraction of sp³-hybridized carbons (Fsp3) is 0.0816. The first-order valence-electron chi connectivity index (χ1n) is 18.5. The number of hydrogen-bond donors (Lipinski definition) is 1. The molecule has 0 saturated heterocycles. The number of amidine groups is 1. The van der Waals surface area contributed by atoms with Crippen molar-refractivity contribution in [1.82, 2.24) is 9.47 Å². The van der Waals surface area contributed by atoms with Crippen LogP contribution in [0.5, 0.6) is 0 Å². The molecular formula is C49H38N4S. The molecule has 0 amide bonds. The molecule has 0 radical (unpaired) electrons. The van der Waals surface area contributed by atoms with Crippen molar-refractivity contribution in [3.8, 4) is 5.69 Å². The van der Waals surface area contributed by atoms with Crippen LogP contribution >= 0.6 is 11.3 Å². The maximum atomic E-state index is 6.97. The molecule has 2 aromatic heterocycles. The Morgan fingerprint density at radius 3 is 1.98 bits per heavy atom. The van der Waals surface area contributed by atoms with Crippen LogP contribution in [-0.4, -0.2) is 22.4 Å². The lowest BCUT2D eigenvalue weighted by Gasteiger charge is -2.29. The molecule has 10 rings (SSSR count). The van der Waals surface area contributed by atoms with Gasteiger partial charge in [0.2, 0.25) is 0 Å². The van der Waals surface area contributed by atoms with Gasteiger partial charge in [-0.2, -0.15) is 0 Å². The molecule has 54 heavy (non-hydrogen) atoms. The molecule has 0 aliphatic rings. The molecule has 8 aromatic carbocycles. The highest BCUT2D eigenvalue weighted by atomic mass is 32.1. The summed E-state index contributed by atoms with van der Waals surface area (Å²) < 4.78 is 4.97. The van der Waals surface area contributed by atoms with E-state index in [-0.39, 0.29) is 12.2 Å². The summed E-state index contributed by atoms with van der Waals surface area (Å²) in [4.78, 5) is 7.51. The van der Waals surface area contributed by atoms with Gasteiger partial charge in [-0.25, -0.2) is 0 Å². The van der Waals surface area contributed by atoms with Crippen LogP contribution < -0.4 is 5.73 Å². The van der Waals surface area contributed by atoms with Gasteiger partial charge < -0.3 is 15.2 Å². The minimum Gasteiger partial charge on any atom is -0.340 e. The van der Waals surface area contributed by atoms with E-state index in [1.165, 1.54) is 69.2 Å². The summed E-state index contributed by atoms with van der Waals surface area (Å²) in [6, 6.07) is 60.9. The molecule has 260 valence electrons. The highest BCUT2D eigenvalue weighted by Crippen LogP contribution is 2.45. The van der Waals surface area contributed by atoms with E-state index in [0.717, 1.165) is 22.5 Å². The second-order valence-electron chi connectivity index (χ2n) is 14.2. The standard InChI is InChI=1S/C49H38N4S/c1-31(32-15-5-3-6-16-32)51-49(52(2)48(50)33-17-7-4-8-18-33)37-25-26-40-45(30-37)54-47-44(29-36-21-11-12-22-38(36)46(40)47)53-42-24-14-13-23-39(42)41-27-34-19-9-10-20-35(34)28-43(41)53/h3-31,48H,50H2,1-2H3. The Hall–Kier alpha value is -6.27. The number of nitrogens with two attached hydrogens (primary N) is 1. The van der Waals surface area contributed by atoms with Crippen molar-refractivity contribution in [2.75, 3.05) is 7.05 Å². The molecular weight excluding hydrogens is 677 g/mol. The molecule has 0 aliphatic carbocycles. The van der Waals surface area contributed by atoms with Crippen molar-refractivity contribution in [1.29, 1.82) is 0 Å². The van der Waals surface area contributed by atoms with E-state index >= 15 is 0 Å². The van der Waals surface area contributed by atoms with Crippen LogP contribution in [0.4, 0.5) is 0 Å². The van der Waals surface area contributed by atoms with E-state index in [4.69, 9.17) is 10.7 Å². The number of rotatable bonds is 6. The Morgan fingerprint density at radius 1 is 0.593 bits per heavy atom. The average Bonchev–Trinajstić information content (AvgIpc) is 3.77. The molecule has 2 heterocycles. The lowest BCUT2D eigenvalue weighted by Crippen LogP contribution is -2.37. The second kappa shape index (κ2) is 13.0.